The number of methoxy groups -OCH3 is 1. The Morgan fingerprint density at radius 2 is 2.11 bits per heavy atom. The SMILES string of the molecule is COc1cccc(-c2cnc(CNC(C)(C)C)[nH]2)c1. The highest BCUT2D eigenvalue weighted by atomic mass is 16.5. The van der Waals surface area contributed by atoms with Crippen molar-refractivity contribution in [2.45, 2.75) is 32.9 Å². The van der Waals surface area contributed by atoms with E-state index in [1.54, 1.807) is 7.11 Å². The van der Waals surface area contributed by atoms with Crippen LogP contribution in [0.5, 0.6) is 5.75 Å². The molecule has 0 fully saturated rings. The summed E-state index contributed by atoms with van der Waals surface area (Å²) in [4.78, 5) is 7.72. The van der Waals surface area contributed by atoms with Gasteiger partial charge in [-0.3, -0.25) is 0 Å². The first kappa shape index (κ1) is 13.6. The zero-order chi connectivity index (χ0) is 13.9. The summed E-state index contributed by atoms with van der Waals surface area (Å²) in [5.41, 5.74) is 2.17. The average Bonchev–Trinajstić information content (AvgIpc) is 2.84. The van der Waals surface area contributed by atoms with E-state index in [1.807, 2.05) is 30.5 Å². The van der Waals surface area contributed by atoms with Crippen molar-refractivity contribution in [1.29, 1.82) is 0 Å². The normalized spacial score (nSPS) is 11.6. The van der Waals surface area contributed by atoms with Gasteiger partial charge < -0.3 is 15.0 Å². The van der Waals surface area contributed by atoms with Crippen molar-refractivity contribution in [1.82, 2.24) is 15.3 Å². The molecule has 4 nitrogen and oxygen atoms in total. The summed E-state index contributed by atoms with van der Waals surface area (Å²) in [7, 11) is 1.67. The predicted molar refractivity (Wildman–Crippen MR) is 77.2 cm³/mol. The Kier molecular flexibility index (Phi) is 3.90. The van der Waals surface area contributed by atoms with Gasteiger partial charge in [0, 0.05) is 11.1 Å². The van der Waals surface area contributed by atoms with Crippen LogP contribution < -0.4 is 10.1 Å². The van der Waals surface area contributed by atoms with Gasteiger partial charge in [-0.2, -0.15) is 0 Å². The molecule has 1 heterocycles. The molecule has 4 heteroatoms. The van der Waals surface area contributed by atoms with E-state index in [4.69, 9.17) is 4.74 Å². The van der Waals surface area contributed by atoms with Gasteiger partial charge in [0.25, 0.3) is 0 Å². The quantitative estimate of drug-likeness (QED) is 0.887. The highest BCUT2D eigenvalue weighted by Gasteiger charge is 2.10. The lowest BCUT2D eigenvalue weighted by Gasteiger charge is -2.19. The number of hydrogen-bond donors (Lipinski definition) is 2. The molecule has 0 aliphatic rings. The number of nitrogens with zero attached hydrogens (tertiary/aromatic N) is 1. The van der Waals surface area contributed by atoms with Gasteiger partial charge in [-0.25, -0.2) is 4.98 Å². The molecule has 2 rings (SSSR count). The lowest BCUT2D eigenvalue weighted by Crippen LogP contribution is -2.35. The number of hydrogen-bond acceptors (Lipinski definition) is 3. The van der Waals surface area contributed by atoms with Gasteiger partial charge >= 0.3 is 0 Å². The second kappa shape index (κ2) is 5.45. The van der Waals surface area contributed by atoms with Crippen LogP contribution in [-0.2, 0) is 6.54 Å². The molecule has 0 amide bonds. The first-order chi connectivity index (χ1) is 8.98. The molecule has 2 aromatic rings. The molecule has 0 bridgehead atoms. The minimum Gasteiger partial charge on any atom is -0.497 e. The zero-order valence-electron chi connectivity index (χ0n) is 11.9. The van der Waals surface area contributed by atoms with E-state index in [9.17, 15) is 0 Å². The van der Waals surface area contributed by atoms with Gasteiger partial charge in [-0.1, -0.05) is 12.1 Å². The molecule has 102 valence electrons. The maximum atomic E-state index is 5.23. The van der Waals surface area contributed by atoms with E-state index < -0.39 is 0 Å². The molecule has 1 aromatic carbocycles. The number of rotatable bonds is 4. The molecular formula is C15H21N3O. The molecule has 0 atom stereocenters. The highest BCUT2D eigenvalue weighted by molar-refractivity contribution is 5.60. The van der Waals surface area contributed by atoms with E-state index in [2.05, 4.69) is 36.1 Å². The zero-order valence-corrected chi connectivity index (χ0v) is 11.9. The van der Waals surface area contributed by atoms with Crippen molar-refractivity contribution in [2.75, 3.05) is 7.11 Å². The summed E-state index contributed by atoms with van der Waals surface area (Å²) >= 11 is 0. The van der Waals surface area contributed by atoms with Gasteiger partial charge in [0.2, 0.25) is 0 Å². The largest absolute Gasteiger partial charge is 0.497 e. The highest BCUT2D eigenvalue weighted by Crippen LogP contribution is 2.22. The molecule has 0 aliphatic carbocycles. The van der Waals surface area contributed by atoms with Crippen LogP contribution in [0.25, 0.3) is 11.3 Å². The van der Waals surface area contributed by atoms with Crippen LogP contribution in [0.3, 0.4) is 0 Å². The van der Waals surface area contributed by atoms with Crippen molar-refractivity contribution >= 4 is 0 Å². The standard InChI is InChI=1S/C15H21N3O/c1-15(2,3)17-10-14-16-9-13(18-14)11-6-5-7-12(8-11)19-4/h5-9,17H,10H2,1-4H3,(H,16,18). The Hall–Kier alpha value is -1.81. The fraction of sp³-hybridized carbons (Fsp3) is 0.400. The van der Waals surface area contributed by atoms with Gasteiger partial charge in [-0.15, -0.1) is 0 Å². The molecule has 0 saturated heterocycles. The number of imidazole rings is 1. The third-order valence-corrected chi connectivity index (χ3v) is 2.80. The number of aromatic nitrogens is 2. The van der Waals surface area contributed by atoms with Crippen molar-refractivity contribution in [3.63, 3.8) is 0 Å². The van der Waals surface area contributed by atoms with Crippen LogP contribution in [0.15, 0.2) is 30.5 Å². The van der Waals surface area contributed by atoms with Crippen molar-refractivity contribution in [2.24, 2.45) is 0 Å². The van der Waals surface area contributed by atoms with Crippen LogP contribution >= 0.6 is 0 Å². The van der Waals surface area contributed by atoms with Gasteiger partial charge in [-0.05, 0) is 32.9 Å². The fourth-order valence-corrected chi connectivity index (χ4v) is 1.74. The second-order valence-corrected chi connectivity index (χ2v) is 5.58. The predicted octanol–water partition coefficient (Wildman–Crippen LogP) is 2.97. The van der Waals surface area contributed by atoms with Crippen molar-refractivity contribution < 1.29 is 4.74 Å². The Morgan fingerprint density at radius 1 is 1.32 bits per heavy atom. The first-order valence-electron chi connectivity index (χ1n) is 6.41. The summed E-state index contributed by atoms with van der Waals surface area (Å²) < 4.78 is 5.23. The molecule has 2 N–H and O–H groups in total. The molecule has 0 saturated carbocycles. The third-order valence-electron chi connectivity index (χ3n) is 2.80. The monoisotopic (exact) mass is 259 g/mol. The molecule has 19 heavy (non-hydrogen) atoms. The number of ether oxygens (including phenoxy) is 1. The van der Waals surface area contributed by atoms with Gasteiger partial charge in [0.05, 0.1) is 25.5 Å². The van der Waals surface area contributed by atoms with Crippen LogP contribution in [0, 0.1) is 0 Å². The number of aromatic amines is 1. The van der Waals surface area contributed by atoms with E-state index >= 15 is 0 Å². The van der Waals surface area contributed by atoms with Crippen molar-refractivity contribution in [3.8, 4) is 17.0 Å². The topological polar surface area (TPSA) is 49.9 Å². The summed E-state index contributed by atoms with van der Waals surface area (Å²) in [6.45, 7) is 7.14. The van der Waals surface area contributed by atoms with Crippen LogP contribution in [0.4, 0.5) is 0 Å². The Morgan fingerprint density at radius 3 is 2.79 bits per heavy atom. The molecule has 0 spiro atoms. The van der Waals surface area contributed by atoms with Crippen molar-refractivity contribution in [3.05, 3.63) is 36.3 Å². The molecule has 0 aliphatic heterocycles. The lowest BCUT2D eigenvalue weighted by molar-refractivity contribution is 0.415. The Bertz CT molecular complexity index is 540. The van der Waals surface area contributed by atoms with Crippen LogP contribution in [-0.4, -0.2) is 22.6 Å². The smallest absolute Gasteiger partial charge is 0.120 e. The van der Waals surface area contributed by atoms with Crippen LogP contribution in [0.1, 0.15) is 26.6 Å². The maximum Gasteiger partial charge on any atom is 0.120 e. The molecule has 1 aromatic heterocycles. The fourth-order valence-electron chi connectivity index (χ4n) is 1.74. The number of benzene rings is 1. The third kappa shape index (κ3) is 3.83. The average molecular weight is 259 g/mol. The number of nitrogens with one attached hydrogen (secondary N) is 2. The minimum absolute atomic E-state index is 0.0862. The van der Waals surface area contributed by atoms with E-state index in [0.29, 0.717) is 0 Å². The van der Waals surface area contributed by atoms with Gasteiger partial charge in [0.1, 0.15) is 11.6 Å². The maximum absolute atomic E-state index is 5.23. The van der Waals surface area contributed by atoms with Gasteiger partial charge in [0.15, 0.2) is 0 Å². The lowest BCUT2D eigenvalue weighted by atomic mass is 10.1. The second-order valence-electron chi connectivity index (χ2n) is 5.58. The summed E-state index contributed by atoms with van der Waals surface area (Å²) in [6.07, 6.45) is 1.86. The summed E-state index contributed by atoms with van der Waals surface area (Å²) in [5, 5.41) is 3.41. The molecule has 0 radical (unpaired) electrons. The van der Waals surface area contributed by atoms with E-state index in [-0.39, 0.29) is 5.54 Å². The Labute approximate surface area is 114 Å². The summed E-state index contributed by atoms with van der Waals surface area (Å²) in [6, 6.07) is 7.94. The van der Waals surface area contributed by atoms with Crippen LogP contribution in [0.2, 0.25) is 0 Å². The molecule has 0 unspecified atom stereocenters. The Balaban J connectivity index is 2.12. The van der Waals surface area contributed by atoms with E-state index in [0.717, 1.165) is 29.4 Å². The molecular weight excluding hydrogens is 238 g/mol. The first-order valence-corrected chi connectivity index (χ1v) is 6.41. The summed E-state index contributed by atoms with van der Waals surface area (Å²) in [5.74, 6) is 1.79. The van der Waals surface area contributed by atoms with E-state index in [1.165, 1.54) is 0 Å². The minimum atomic E-state index is 0.0862. The number of H-pyrrole nitrogens is 1.